The van der Waals surface area contributed by atoms with Crippen LogP contribution in [-0.2, 0) is 7.05 Å². The Hall–Kier alpha value is -3.06. The minimum atomic E-state index is -0.460. The summed E-state index contributed by atoms with van der Waals surface area (Å²) >= 11 is 0. The number of benzene rings is 2. The molecule has 0 radical (unpaired) electrons. The Bertz CT molecular complexity index is 1110. The zero-order valence-electron chi connectivity index (χ0n) is 17.8. The van der Waals surface area contributed by atoms with Crippen molar-refractivity contribution in [2.24, 2.45) is 7.05 Å². The summed E-state index contributed by atoms with van der Waals surface area (Å²) in [6, 6.07) is 12.4. The topological polar surface area (TPSA) is 58.4 Å². The first-order valence-corrected chi connectivity index (χ1v) is 10.0. The van der Waals surface area contributed by atoms with Crippen LogP contribution in [0.2, 0.25) is 0 Å². The molecule has 0 bridgehead atoms. The second kappa shape index (κ2) is 9.17. The average Bonchev–Trinajstić information content (AvgIpc) is 2.73. The Morgan fingerprint density at radius 3 is 2.53 bits per heavy atom. The zero-order valence-corrected chi connectivity index (χ0v) is 17.8. The molecule has 0 saturated carbocycles. The van der Waals surface area contributed by atoms with E-state index in [9.17, 15) is 14.0 Å². The molecule has 1 amide bonds. The number of rotatable bonds is 7. The van der Waals surface area contributed by atoms with Crippen molar-refractivity contribution < 1.29 is 9.18 Å². The molecule has 0 fully saturated rings. The van der Waals surface area contributed by atoms with Gasteiger partial charge in [0.25, 0.3) is 11.5 Å². The third-order valence-electron chi connectivity index (χ3n) is 5.20. The largest absolute Gasteiger partial charge is 0.327 e. The lowest BCUT2D eigenvalue weighted by Gasteiger charge is -2.32. The molecule has 0 aliphatic carbocycles. The minimum Gasteiger partial charge on any atom is -0.327 e. The number of nitrogens with zero attached hydrogens (tertiary/aromatic N) is 4. The molecule has 30 heavy (non-hydrogen) atoms. The molecule has 1 unspecified atom stereocenters. The Morgan fingerprint density at radius 1 is 1.13 bits per heavy atom. The monoisotopic (exact) mass is 410 g/mol. The third kappa shape index (κ3) is 4.41. The molecule has 6 nitrogen and oxygen atoms in total. The number of amides is 1. The highest BCUT2D eigenvalue weighted by Gasteiger charge is 2.28. The number of para-hydroxylation sites is 1. The lowest BCUT2D eigenvalue weighted by molar-refractivity contribution is 0.0642. The van der Waals surface area contributed by atoms with Gasteiger partial charge in [-0.2, -0.15) is 0 Å². The first-order chi connectivity index (χ1) is 14.3. The SMILES string of the molecule is CCC(c1nc2ccccc2c(=O)n1C)N(CCN(C)C)C(=O)c1cccc(F)c1. The molecule has 7 heteroatoms. The summed E-state index contributed by atoms with van der Waals surface area (Å²) in [7, 11) is 5.53. The fourth-order valence-corrected chi connectivity index (χ4v) is 3.57. The summed E-state index contributed by atoms with van der Waals surface area (Å²) in [6.45, 7) is 3.00. The van der Waals surface area contributed by atoms with Gasteiger partial charge in [-0.1, -0.05) is 25.1 Å². The van der Waals surface area contributed by atoms with Crippen molar-refractivity contribution in [1.29, 1.82) is 0 Å². The summed E-state index contributed by atoms with van der Waals surface area (Å²) in [4.78, 5) is 34.7. The number of hydrogen-bond donors (Lipinski definition) is 0. The quantitative estimate of drug-likeness (QED) is 0.600. The predicted molar refractivity (Wildman–Crippen MR) is 116 cm³/mol. The fraction of sp³-hybridized carbons (Fsp3) is 0.348. The van der Waals surface area contributed by atoms with Gasteiger partial charge < -0.3 is 9.80 Å². The molecule has 0 aliphatic rings. The molecule has 3 aromatic rings. The smallest absolute Gasteiger partial charge is 0.261 e. The van der Waals surface area contributed by atoms with E-state index in [0.717, 1.165) is 0 Å². The maximum Gasteiger partial charge on any atom is 0.261 e. The van der Waals surface area contributed by atoms with Gasteiger partial charge in [-0.05, 0) is 50.8 Å². The standard InChI is InChI=1S/C23H27FN4O2/c1-5-20(21-25-19-12-7-6-11-18(19)23(30)27(21)4)28(14-13-26(2)3)22(29)16-9-8-10-17(24)15-16/h6-12,15,20H,5,13-14H2,1-4H3. The van der Waals surface area contributed by atoms with Gasteiger partial charge in [0, 0.05) is 25.7 Å². The lowest BCUT2D eigenvalue weighted by atomic mass is 10.1. The molecular weight excluding hydrogens is 383 g/mol. The normalized spacial score (nSPS) is 12.3. The molecule has 0 saturated heterocycles. The lowest BCUT2D eigenvalue weighted by Crippen LogP contribution is -2.41. The van der Waals surface area contributed by atoms with Crippen molar-refractivity contribution in [3.8, 4) is 0 Å². The average molecular weight is 410 g/mol. The fourth-order valence-electron chi connectivity index (χ4n) is 3.57. The van der Waals surface area contributed by atoms with Crippen molar-refractivity contribution in [2.45, 2.75) is 19.4 Å². The summed E-state index contributed by atoms with van der Waals surface area (Å²) in [5, 5.41) is 0.537. The Balaban J connectivity index is 2.11. The molecular formula is C23H27FN4O2. The van der Waals surface area contributed by atoms with Crippen molar-refractivity contribution in [1.82, 2.24) is 19.4 Å². The summed E-state index contributed by atoms with van der Waals surface area (Å²) in [5.41, 5.74) is 0.720. The van der Waals surface area contributed by atoms with Gasteiger partial charge in [0.15, 0.2) is 0 Å². The van der Waals surface area contributed by atoms with Crippen LogP contribution in [0.3, 0.4) is 0 Å². The zero-order chi connectivity index (χ0) is 21.8. The van der Waals surface area contributed by atoms with E-state index >= 15 is 0 Å². The van der Waals surface area contributed by atoms with Gasteiger partial charge >= 0.3 is 0 Å². The number of carbonyl (C=O) groups excluding carboxylic acids is 1. The highest BCUT2D eigenvalue weighted by molar-refractivity contribution is 5.94. The number of fused-ring (bicyclic) bond motifs is 1. The van der Waals surface area contributed by atoms with E-state index in [1.165, 1.54) is 22.8 Å². The van der Waals surface area contributed by atoms with E-state index < -0.39 is 11.9 Å². The molecule has 158 valence electrons. The summed E-state index contributed by atoms with van der Waals surface area (Å²) in [6.07, 6.45) is 0.563. The second-order valence-electron chi connectivity index (χ2n) is 7.59. The van der Waals surface area contributed by atoms with Gasteiger partial charge in [0.05, 0.1) is 16.9 Å². The molecule has 0 aliphatic heterocycles. The first kappa shape index (κ1) is 21.6. The van der Waals surface area contributed by atoms with Crippen LogP contribution in [0.25, 0.3) is 10.9 Å². The van der Waals surface area contributed by atoms with Crippen molar-refractivity contribution in [3.05, 3.63) is 76.1 Å². The van der Waals surface area contributed by atoms with Crippen LogP contribution in [0.1, 0.15) is 35.6 Å². The number of carbonyl (C=O) groups is 1. The maximum atomic E-state index is 13.8. The van der Waals surface area contributed by atoms with Crippen LogP contribution >= 0.6 is 0 Å². The van der Waals surface area contributed by atoms with Crippen LogP contribution < -0.4 is 5.56 Å². The Kier molecular flexibility index (Phi) is 6.62. The van der Waals surface area contributed by atoms with Crippen LogP contribution in [0.4, 0.5) is 4.39 Å². The van der Waals surface area contributed by atoms with E-state index in [-0.39, 0.29) is 17.0 Å². The number of halogens is 1. The van der Waals surface area contributed by atoms with E-state index in [4.69, 9.17) is 4.98 Å². The predicted octanol–water partition coefficient (Wildman–Crippen LogP) is 3.23. The molecule has 3 rings (SSSR count). The van der Waals surface area contributed by atoms with Gasteiger partial charge in [0.1, 0.15) is 11.6 Å². The number of hydrogen-bond acceptors (Lipinski definition) is 4. The first-order valence-electron chi connectivity index (χ1n) is 10.0. The summed E-state index contributed by atoms with van der Waals surface area (Å²) < 4.78 is 15.3. The second-order valence-corrected chi connectivity index (χ2v) is 7.59. The van der Waals surface area contributed by atoms with Gasteiger partial charge in [0.2, 0.25) is 0 Å². The van der Waals surface area contributed by atoms with Crippen LogP contribution in [0.5, 0.6) is 0 Å². The van der Waals surface area contributed by atoms with Gasteiger partial charge in [-0.15, -0.1) is 0 Å². The van der Waals surface area contributed by atoms with E-state index in [1.54, 1.807) is 36.2 Å². The van der Waals surface area contributed by atoms with Gasteiger partial charge in [-0.25, -0.2) is 9.37 Å². The molecule has 2 aromatic carbocycles. The molecule has 0 N–H and O–H groups in total. The van der Waals surface area contributed by atoms with Crippen molar-refractivity contribution in [2.75, 3.05) is 27.2 Å². The van der Waals surface area contributed by atoms with Crippen molar-refractivity contribution in [3.63, 3.8) is 0 Å². The highest BCUT2D eigenvalue weighted by atomic mass is 19.1. The van der Waals surface area contributed by atoms with E-state index in [1.807, 2.05) is 32.0 Å². The third-order valence-corrected chi connectivity index (χ3v) is 5.20. The molecule has 1 aromatic heterocycles. The Morgan fingerprint density at radius 2 is 1.87 bits per heavy atom. The number of likely N-dealkylation sites (N-methyl/N-ethyl adjacent to an activating group) is 1. The van der Waals surface area contributed by atoms with Crippen LogP contribution in [-0.4, -0.2) is 52.4 Å². The number of aromatic nitrogens is 2. The minimum absolute atomic E-state index is 0.153. The van der Waals surface area contributed by atoms with Gasteiger partial charge in [-0.3, -0.25) is 14.2 Å². The summed E-state index contributed by atoms with van der Waals surface area (Å²) in [5.74, 6) is -0.229. The molecule has 1 atom stereocenters. The van der Waals surface area contributed by atoms with Crippen molar-refractivity contribution >= 4 is 16.8 Å². The van der Waals surface area contributed by atoms with E-state index in [2.05, 4.69) is 0 Å². The van der Waals surface area contributed by atoms with Crippen LogP contribution in [0, 0.1) is 5.82 Å². The van der Waals surface area contributed by atoms with Crippen LogP contribution in [0.15, 0.2) is 53.3 Å². The maximum absolute atomic E-state index is 13.8. The Labute approximate surface area is 175 Å². The van der Waals surface area contributed by atoms with E-state index in [0.29, 0.717) is 36.2 Å². The molecule has 1 heterocycles. The highest BCUT2D eigenvalue weighted by Crippen LogP contribution is 2.25. The molecule has 0 spiro atoms.